The van der Waals surface area contributed by atoms with Gasteiger partial charge in [-0.3, -0.25) is 9.78 Å². The van der Waals surface area contributed by atoms with Crippen molar-refractivity contribution in [1.29, 1.82) is 0 Å². The molecule has 0 amide bonds. The number of carbonyl (C=O) groups is 1. The molecule has 6 aromatic rings. The molecule has 4 nitrogen and oxygen atoms in total. The molecular formula is C49H60IrNO3S-. The van der Waals surface area contributed by atoms with E-state index in [2.05, 4.69) is 102 Å². The molecule has 295 valence electrons. The number of aliphatic hydroxyl groups excluding tert-OH is 1. The first-order valence-electron chi connectivity index (χ1n) is 19.8. The summed E-state index contributed by atoms with van der Waals surface area (Å²) in [5, 5.41) is 14.9. The number of furan rings is 1. The molecule has 6 rings (SSSR count). The number of nitrogens with zero attached hydrogens (tertiary/aromatic N) is 1. The van der Waals surface area contributed by atoms with Crippen LogP contribution in [0, 0.1) is 29.7 Å². The summed E-state index contributed by atoms with van der Waals surface area (Å²) in [7, 11) is 0. The largest absolute Gasteiger partial charge is 0.512 e. The third-order valence-electron chi connectivity index (χ3n) is 11.8. The molecule has 0 aliphatic heterocycles. The Hall–Kier alpha value is -3.57. The van der Waals surface area contributed by atoms with Gasteiger partial charge in [0.15, 0.2) is 5.78 Å². The van der Waals surface area contributed by atoms with E-state index in [1.54, 1.807) is 0 Å². The first-order chi connectivity index (χ1) is 25.5. The van der Waals surface area contributed by atoms with Crippen molar-refractivity contribution in [3.63, 3.8) is 0 Å². The van der Waals surface area contributed by atoms with E-state index in [0.29, 0.717) is 5.92 Å². The van der Waals surface area contributed by atoms with Gasteiger partial charge in [-0.05, 0) is 79.5 Å². The van der Waals surface area contributed by atoms with Gasteiger partial charge in [-0.15, -0.1) is 40.5 Å². The minimum absolute atomic E-state index is 0. The molecule has 0 atom stereocenters. The Kier molecular flexibility index (Phi) is 14.2. The van der Waals surface area contributed by atoms with Gasteiger partial charge >= 0.3 is 0 Å². The second-order valence-electron chi connectivity index (χ2n) is 16.9. The number of fused-ring (bicyclic) bond motifs is 3. The number of hydrogen-bond donors (Lipinski definition) is 1. The van der Waals surface area contributed by atoms with E-state index in [1.165, 1.54) is 37.6 Å². The number of benzene rings is 3. The molecule has 0 spiro atoms. The minimum atomic E-state index is -0.337. The third kappa shape index (κ3) is 9.36. The summed E-state index contributed by atoms with van der Waals surface area (Å²) in [6.45, 7) is 25.7. The normalized spacial score (nSPS) is 12.6. The van der Waals surface area contributed by atoms with Crippen molar-refractivity contribution in [2.75, 3.05) is 0 Å². The molecular weight excluding hydrogens is 875 g/mol. The monoisotopic (exact) mass is 935 g/mol. The third-order valence-corrected chi connectivity index (χ3v) is 12.9. The Labute approximate surface area is 347 Å². The van der Waals surface area contributed by atoms with Crippen LogP contribution >= 0.6 is 11.3 Å². The van der Waals surface area contributed by atoms with Crippen LogP contribution in [0.5, 0.6) is 0 Å². The van der Waals surface area contributed by atoms with Gasteiger partial charge in [0.25, 0.3) is 0 Å². The molecule has 1 radical (unpaired) electrons. The standard InChI is InChI=1S/C34H32NOS.C15H28O2.Ir/c1-20(2)15-27-21(3)37-32-18-23(11-12-26(27)32)31-19-28-30(36-31)13-14-35-33(28)24-16-22-9-7-8-10-25(22)29(17-24)34(4,5)6;1-7-14(5,8-2)12(16)11-13(17)15(6,9-3)10-4;/h7-14,17-20H,15H2,1-6H3;11,16H,7-10H2,1-6H3;/q-1;;/b;12-11-;. The Morgan fingerprint density at radius 2 is 1.53 bits per heavy atom. The maximum Gasteiger partial charge on any atom is 0.164 e. The van der Waals surface area contributed by atoms with Crippen molar-refractivity contribution in [2.24, 2.45) is 16.7 Å². The number of aromatic nitrogens is 1. The molecule has 6 heteroatoms. The van der Waals surface area contributed by atoms with E-state index in [0.717, 1.165) is 71.0 Å². The maximum atomic E-state index is 12.2. The van der Waals surface area contributed by atoms with Gasteiger partial charge in [0.2, 0.25) is 0 Å². The number of rotatable bonds is 11. The molecule has 55 heavy (non-hydrogen) atoms. The molecule has 3 aromatic heterocycles. The summed E-state index contributed by atoms with van der Waals surface area (Å²) in [6, 6.07) is 25.3. The average Bonchev–Trinajstić information content (AvgIpc) is 3.73. The fourth-order valence-corrected chi connectivity index (χ4v) is 8.20. The first kappa shape index (κ1) is 44.1. The number of aryl methyl sites for hydroxylation is 1. The zero-order valence-corrected chi connectivity index (χ0v) is 38.2. The fraction of sp³-hybridized carbons (Fsp3) is 0.429. The molecule has 0 unspecified atom stereocenters. The topological polar surface area (TPSA) is 63.3 Å². The van der Waals surface area contributed by atoms with Crippen molar-refractivity contribution in [1.82, 2.24) is 4.98 Å². The predicted octanol–water partition coefficient (Wildman–Crippen LogP) is 14.8. The summed E-state index contributed by atoms with van der Waals surface area (Å²) in [5.41, 5.74) is 6.05. The second kappa shape index (κ2) is 17.7. The smallest absolute Gasteiger partial charge is 0.164 e. The van der Waals surface area contributed by atoms with Crippen LogP contribution in [-0.4, -0.2) is 15.9 Å². The Balaban J connectivity index is 0.000000320. The van der Waals surface area contributed by atoms with E-state index >= 15 is 0 Å². The molecule has 0 fully saturated rings. The molecule has 1 N–H and O–H groups in total. The van der Waals surface area contributed by atoms with Crippen LogP contribution in [0.4, 0.5) is 0 Å². The number of ketones is 1. The fourth-order valence-electron chi connectivity index (χ4n) is 7.07. The summed E-state index contributed by atoms with van der Waals surface area (Å²) in [5.74, 6) is 1.80. The number of pyridine rings is 1. The number of carbonyl (C=O) groups excluding carboxylic acids is 1. The van der Waals surface area contributed by atoms with E-state index in [4.69, 9.17) is 9.40 Å². The van der Waals surface area contributed by atoms with Gasteiger partial charge in [0.1, 0.15) is 17.1 Å². The van der Waals surface area contributed by atoms with Crippen molar-refractivity contribution in [3.8, 4) is 22.6 Å². The van der Waals surface area contributed by atoms with Crippen molar-refractivity contribution < 1.29 is 34.4 Å². The van der Waals surface area contributed by atoms with Gasteiger partial charge in [-0.2, -0.15) is 0 Å². The summed E-state index contributed by atoms with van der Waals surface area (Å²) in [6.07, 6.45) is 7.71. The van der Waals surface area contributed by atoms with Gasteiger partial charge < -0.3 is 9.52 Å². The van der Waals surface area contributed by atoms with Crippen LogP contribution < -0.4 is 0 Å². The molecule has 0 aliphatic rings. The predicted molar refractivity (Wildman–Crippen MR) is 232 cm³/mol. The van der Waals surface area contributed by atoms with Gasteiger partial charge in [-0.25, -0.2) is 0 Å². The average molecular weight is 935 g/mol. The quantitative estimate of drug-likeness (QED) is 0.0799. The molecule has 3 aromatic carbocycles. The summed E-state index contributed by atoms with van der Waals surface area (Å²) >= 11 is 1.88. The number of hydrogen-bond acceptors (Lipinski definition) is 5. The van der Waals surface area contributed by atoms with E-state index in [9.17, 15) is 9.90 Å². The number of thiophene rings is 1. The van der Waals surface area contributed by atoms with Crippen molar-refractivity contribution in [3.05, 3.63) is 101 Å². The SMILES string of the molecule is CCC(C)(CC)C(=O)/C=C(\O)C(C)(CC)CC.Cc1sc2cc(-c3cc4c(-c5[c-]c6ccccc6c(C(C)(C)C)c5)nccc4o3)ccc2c1CC(C)C.[Ir]. The summed E-state index contributed by atoms with van der Waals surface area (Å²) in [4.78, 5) is 18.4. The van der Waals surface area contributed by atoms with Crippen LogP contribution in [-0.2, 0) is 36.7 Å². The molecule has 0 saturated carbocycles. The molecule has 0 saturated heterocycles. The molecule has 0 aliphatic carbocycles. The molecule has 3 heterocycles. The van der Waals surface area contributed by atoms with E-state index in [-0.39, 0.29) is 47.9 Å². The van der Waals surface area contributed by atoms with E-state index < -0.39 is 0 Å². The number of aliphatic hydroxyl groups is 1. The Morgan fingerprint density at radius 1 is 0.873 bits per heavy atom. The van der Waals surface area contributed by atoms with Crippen molar-refractivity contribution >= 4 is 48.9 Å². The molecule has 0 bridgehead atoms. The van der Waals surface area contributed by atoms with Crippen molar-refractivity contribution in [2.45, 2.75) is 121 Å². The van der Waals surface area contributed by atoms with Crippen LogP contribution in [0.2, 0.25) is 0 Å². The van der Waals surface area contributed by atoms with Crippen LogP contribution in [0.25, 0.3) is 54.4 Å². The number of allylic oxidation sites excluding steroid dienone is 2. The van der Waals surface area contributed by atoms with Gasteiger partial charge in [-0.1, -0.05) is 117 Å². The zero-order valence-electron chi connectivity index (χ0n) is 35.0. The minimum Gasteiger partial charge on any atom is -0.512 e. The van der Waals surface area contributed by atoms with Gasteiger partial charge in [0, 0.05) is 69.4 Å². The van der Waals surface area contributed by atoms with Crippen LogP contribution in [0.3, 0.4) is 0 Å². The summed E-state index contributed by atoms with van der Waals surface area (Å²) < 4.78 is 7.72. The van der Waals surface area contributed by atoms with Gasteiger partial charge in [0.05, 0.1) is 0 Å². The zero-order chi connectivity index (χ0) is 39.6. The Morgan fingerprint density at radius 3 is 2.15 bits per heavy atom. The van der Waals surface area contributed by atoms with Crippen LogP contribution in [0.1, 0.15) is 118 Å². The maximum absolute atomic E-state index is 12.2. The van der Waals surface area contributed by atoms with E-state index in [1.807, 2.05) is 65.1 Å². The Bertz CT molecular complexity index is 2290. The second-order valence-corrected chi connectivity index (χ2v) is 18.2. The van der Waals surface area contributed by atoms with Crippen LogP contribution in [0.15, 0.2) is 83.1 Å². The first-order valence-corrected chi connectivity index (χ1v) is 20.6.